The van der Waals surface area contributed by atoms with Gasteiger partial charge in [0.1, 0.15) is 30.4 Å². The third-order valence-corrected chi connectivity index (χ3v) is 5.23. The zero-order valence-electron chi connectivity index (χ0n) is 15.6. The van der Waals surface area contributed by atoms with Gasteiger partial charge in [-0.2, -0.15) is 5.26 Å². The molecule has 7 nitrogen and oxygen atoms in total. The summed E-state index contributed by atoms with van der Waals surface area (Å²) in [6, 6.07) is 20.2. The number of carbonyl (C=O) groups is 2. The van der Waals surface area contributed by atoms with Gasteiger partial charge in [0.2, 0.25) is 5.91 Å². The van der Waals surface area contributed by atoms with Gasteiger partial charge in [-0.1, -0.05) is 48.5 Å². The summed E-state index contributed by atoms with van der Waals surface area (Å²) < 4.78 is 10.6. The molecule has 1 heterocycles. The Kier molecular flexibility index (Phi) is 7.50. The van der Waals surface area contributed by atoms with Crippen molar-refractivity contribution >= 4 is 23.6 Å². The lowest BCUT2D eigenvalue weighted by molar-refractivity contribution is -0.141. The second-order valence-electron chi connectivity index (χ2n) is 6.24. The van der Waals surface area contributed by atoms with Crippen LogP contribution in [0.5, 0.6) is 5.75 Å². The van der Waals surface area contributed by atoms with Crippen molar-refractivity contribution in [2.75, 3.05) is 19.0 Å². The lowest BCUT2D eigenvalue weighted by Gasteiger charge is -2.34. The fraction of sp³-hybridized carbons (Fsp3) is 0.286. The highest BCUT2D eigenvalue weighted by Crippen LogP contribution is 2.27. The monoisotopic (exact) mass is 411 g/mol. The molecule has 3 rings (SSSR count). The first-order chi connectivity index (χ1) is 14.2. The molecule has 3 unspecified atom stereocenters. The van der Waals surface area contributed by atoms with Crippen LogP contribution >= 0.6 is 11.8 Å². The molecule has 0 aliphatic carbocycles. The number of amides is 1. The van der Waals surface area contributed by atoms with Crippen LogP contribution < -0.4 is 15.4 Å². The summed E-state index contributed by atoms with van der Waals surface area (Å²) in [6.07, 6.45) is 0. The number of nitrogens with one attached hydrogen (secondary N) is 2. The minimum Gasteiger partial charge on any atom is -0.490 e. The van der Waals surface area contributed by atoms with Gasteiger partial charge >= 0.3 is 5.97 Å². The zero-order chi connectivity index (χ0) is 20.5. The fourth-order valence-corrected chi connectivity index (χ4v) is 3.70. The van der Waals surface area contributed by atoms with E-state index in [-0.39, 0.29) is 24.9 Å². The molecule has 0 bridgehead atoms. The number of hydrogen-bond donors (Lipinski definition) is 2. The first-order valence-electron chi connectivity index (χ1n) is 9.13. The van der Waals surface area contributed by atoms with Crippen LogP contribution in [0.15, 0.2) is 60.7 Å². The van der Waals surface area contributed by atoms with Gasteiger partial charge in [0.15, 0.2) is 0 Å². The fourth-order valence-electron chi connectivity index (χ4n) is 2.87. The Morgan fingerprint density at radius 3 is 2.45 bits per heavy atom. The van der Waals surface area contributed by atoms with Gasteiger partial charge in [0.05, 0.1) is 17.9 Å². The summed E-state index contributed by atoms with van der Waals surface area (Å²) in [5.74, 6) is -0.826. The molecule has 0 spiro atoms. The maximum Gasteiger partial charge on any atom is 0.316 e. The quantitative estimate of drug-likeness (QED) is 0.507. The van der Waals surface area contributed by atoms with Crippen molar-refractivity contribution in [2.24, 2.45) is 5.92 Å². The van der Waals surface area contributed by atoms with Gasteiger partial charge in [-0.3, -0.25) is 14.9 Å². The highest BCUT2D eigenvalue weighted by Gasteiger charge is 2.37. The Morgan fingerprint density at radius 1 is 1.07 bits per heavy atom. The van der Waals surface area contributed by atoms with Crippen LogP contribution in [-0.4, -0.2) is 36.3 Å². The van der Waals surface area contributed by atoms with Crippen LogP contribution in [0, 0.1) is 17.2 Å². The van der Waals surface area contributed by atoms with Gasteiger partial charge < -0.3 is 14.8 Å². The Balaban J connectivity index is 1.44. The summed E-state index contributed by atoms with van der Waals surface area (Å²) in [5, 5.41) is 15.3. The number of thioether (sulfide) groups is 1. The molecule has 29 heavy (non-hydrogen) atoms. The molecular formula is C21H21N3O4S. The Hall–Kier alpha value is -3.02. The van der Waals surface area contributed by atoms with Crippen LogP contribution in [-0.2, 0) is 14.3 Å². The number of ether oxygens (including phenoxy) is 2. The van der Waals surface area contributed by atoms with Gasteiger partial charge in [-0.25, -0.2) is 0 Å². The molecule has 8 heteroatoms. The first-order valence-corrected chi connectivity index (χ1v) is 10.2. The minimum absolute atomic E-state index is 0.0576. The zero-order valence-corrected chi connectivity index (χ0v) is 16.4. The smallest absolute Gasteiger partial charge is 0.316 e. The lowest BCUT2D eigenvalue weighted by atomic mass is 9.92. The number of para-hydroxylation sites is 1. The summed E-state index contributed by atoms with van der Waals surface area (Å²) >= 11 is 1.21. The number of nitrogens with zero attached hydrogens (tertiary/aromatic N) is 1. The van der Waals surface area contributed by atoms with E-state index in [1.165, 1.54) is 11.8 Å². The van der Waals surface area contributed by atoms with Crippen molar-refractivity contribution in [3.63, 3.8) is 0 Å². The van der Waals surface area contributed by atoms with Crippen molar-refractivity contribution in [3.8, 4) is 11.8 Å². The Labute approximate surface area is 173 Å². The van der Waals surface area contributed by atoms with E-state index in [2.05, 4.69) is 10.6 Å². The van der Waals surface area contributed by atoms with E-state index in [1.807, 2.05) is 66.7 Å². The van der Waals surface area contributed by atoms with Gasteiger partial charge in [-0.05, 0) is 17.7 Å². The van der Waals surface area contributed by atoms with E-state index >= 15 is 0 Å². The standard InChI is InChI=1S/C21H21N3O4S/c22-13-17-19(15-7-3-1-4-8-15)23-21(24-20(17)26)29-14-18(25)28-12-11-27-16-9-5-2-6-10-16/h1-10,17,19,21,23H,11-12,14H2,(H,24,26). The molecule has 0 saturated carbocycles. The molecular weight excluding hydrogens is 390 g/mol. The summed E-state index contributed by atoms with van der Waals surface area (Å²) in [6.45, 7) is 0.403. The van der Waals surface area contributed by atoms with E-state index in [0.717, 1.165) is 5.56 Å². The molecule has 1 aliphatic rings. The van der Waals surface area contributed by atoms with Crippen LogP contribution in [0.25, 0.3) is 0 Å². The second kappa shape index (κ2) is 10.5. The average Bonchev–Trinajstić information content (AvgIpc) is 2.76. The van der Waals surface area contributed by atoms with E-state index in [0.29, 0.717) is 5.75 Å². The molecule has 1 amide bonds. The van der Waals surface area contributed by atoms with E-state index in [9.17, 15) is 14.9 Å². The molecule has 0 aromatic heterocycles. The van der Waals surface area contributed by atoms with Crippen LogP contribution in [0.2, 0.25) is 0 Å². The third kappa shape index (κ3) is 5.98. The molecule has 1 saturated heterocycles. The number of rotatable bonds is 8. The summed E-state index contributed by atoms with van der Waals surface area (Å²) in [7, 11) is 0. The summed E-state index contributed by atoms with van der Waals surface area (Å²) in [4.78, 5) is 24.2. The van der Waals surface area contributed by atoms with Gasteiger partial charge in [0, 0.05) is 0 Å². The SMILES string of the molecule is N#CC1C(=O)NC(SCC(=O)OCCOc2ccccc2)NC1c1ccccc1. The minimum atomic E-state index is -0.837. The van der Waals surface area contributed by atoms with E-state index in [4.69, 9.17) is 9.47 Å². The van der Waals surface area contributed by atoms with Gasteiger partial charge in [0.25, 0.3) is 0 Å². The highest BCUT2D eigenvalue weighted by atomic mass is 32.2. The maximum absolute atomic E-state index is 12.3. The first kappa shape index (κ1) is 20.7. The number of nitriles is 1. The average molecular weight is 411 g/mol. The number of benzene rings is 2. The predicted octanol–water partition coefficient (Wildman–Crippen LogP) is 2.23. The maximum atomic E-state index is 12.3. The van der Waals surface area contributed by atoms with Crippen molar-refractivity contribution in [2.45, 2.75) is 11.5 Å². The summed E-state index contributed by atoms with van der Waals surface area (Å²) in [5.41, 5.74) is 0.352. The predicted molar refractivity (Wildman–Crippen MR) is 109 cm³/mol. The van der Waals surface area contributed by atoms with Crippen molar-refractivity contribution in [1.29, 1.82) is 5.26 Å². The highest BCUT2D eigenvalue weighted by molar-refractivity contribution is 8.00. The molecule has 2 N–H and O–H groups in total. The molecule has 2 aromatic carbocycles. The number of esters is 1. The molecule has 1 aliphatic heterocycles. The number of carbonyl (C=O) groups excluding carboxylic acids is 2. The van der Waals surface area contributed by atoms with Crippen LogP contribution in [0.3, 0.4) is 0 Å². The molecule has 150 valence electrons. The van der Waals surface area contributed by atoms with Crippen molar-refractivity contribution in [1.82, 2.24) is 10.6 Å². The van der Waals surface area contributed by atoms with Crippen LogP contribution in [0.1, 0.15) is 11.6 Å². The lowest BCUT2D eigenvalue weighted by Crippen LogP contribution is -2.55. The largest absolute Gasteiger partial charge is 0.490 e. The van der Waals surface area contributed by atoms with Crippen LogP contribution in [0.4, 0.5) is 0 Å². The Bertz CT molecular complexity index is 857. The number of hydrogen-bond acceptors (Lipinski definition) is 7. The van der Waals surface area contributed by atoms with E-state index < -0.39 is 23.4 Å². The topological polar surface area (TPSA) is 100 Å². The third-order valence-electron chi connectivity index (χ3n) is 4.24. The van der Waals surface area contributed by atoms with Gasteiger partial charge in [-0.15, -0.1) is 11.8 Å². The molecule has 0 radical (unpaired) electrons. The molecule has 2 aromatic rings. The normalized spacial score (nSPS) is 20.9. The Morgan fingerprint density at radius 2 is 1.76 bits per heavy atom. The molecule has 1 fully saturated rings. The van der Waals surface area contributed by atoms with Crippen molar-refractivity contribution in [3.05, 3.63) is 66.2 Å². The second-order valence-corrected chi connectivity index (χ2v) is 7.34. The van der Waals surface area contributed by atoms with Crippen molar-refractivity contribution < 1.29 is 19.1 Å². The molecule has 3 atom stereocenters. The van der Waals surface area contributed by atoms with E-state index in [1.54, 1.807) is 0 Å².